The summed E-state index contributed by atoms with van der Waals surface area (Å²) >= 11 is 6.05. The molecule has 98 valence electrons. The minimum Gasteiger partial charge on any atom is -0.478 e. The maximum absolute atomic E-state index is 11.2. The van der Waals surface area contributed by atoms with Crippen LogP contribution in [0.25, 0.3) is 0 Å². The lowest BCUT2D eigenvalue weighted by Crippen LogP contribution is -2.05. The minimum absolute atomic E-state index is 0.0464. The number of aromatic carboxylic acids is 1. The van der Waals surface area contributed by atoms with Gasteiger partial charge >= 0.3 is 5.97 Å². The molecule has 1 aromatic heterocycles. The summed E-state index contributed by atoms with van der Waals surface area (Å²) in [6.07, 6.45) is 1.37. The van der Waals surface area contributed by atoms with Gasteiger partial charge < -0.3 is 16.2 Å². The minimum atomic E-state index is -1.08. The number of rotatable bonds is 3. The molecule has 0 unspecified atom stereocenters. The summed E-state index contributed by atoms with van der Waals surface area (Å²) in [7, 11) is 0. The van der Waals surface area contributed by atoms with Crippen LogP contribution < -0.4 is 11.1 Å². The largest absolute Gasteiger partial charge is 0.478 e. The summed E-state index contributed by atoms with van der Waals surface area (Å²) in [4.78, 5) is 15.0. The molecule has 6 heteroatoms. The molecule has 0 aliphatic carbocycles. The zero-order chi connectivity index (χ0) is 14.0. The molecular weight excluding hydrogens is 266 g/mol. The summed E-state index contributed by atoms with van der Waals surface area (Å²) < 4.78 is 0. The number of carboxylic acids is 1. The van der Waals surface area contributed by atoms with Gasteiger partial charge in [-0.05, 0) is 30.7 Å². The smallest absolute Gasteiger partial charge is 0.338 e. The average Bonchev–Trinajstić information content (AvgIpc) is 2.35. The summed E-state index contributed by atoms with van der Waals surface area (Å²) in [6, 6.07) is 6.73. The molecule has 0 radical (unpaired) electrons. The summed E-state index contributed by atoms with van der Waals surface area (Å²) in [5, 5.41) is 12.6. The lowest BCUT2D eigenvalue weighted by molar-refractivity contribution is 0.0698. The fourth-order valence-corrected chi connectivity index (χ4v) is 1.79. The normalized spacial score (nSPS) is 10.2. The van der Waals surface area contributed by atoms with Gasteiger partial charge in [-0.2, -0.15) is 0 Å². The molecule has 2 aromatic rings. The molecule has 0 atom stereocenters. The van der Waals surface area contributed by atoms with Gasteiger partial charge in [-0.1, -0.05) is 17.7 Å². The number of aryl methyl sites for hydroxylation is 1. The number of hydrogen-bond donors (Lipinski definition) is 3. The van der Waals surface area contributed by atoms with Crippen LogP contribution in [0.15, 0.2) is 30.5 Å². The number of nitrogens with zero attached hydrogens (tertiary/aromatic N) is 1. The second kappa shape index (κ2) is 5.16. The predicted octanol–water partition coefficient (Wildman–Crippen LogP) is 3.07. The number of nitrogens with one attached hydrogen (secondary N) is 1. The van der Waals surface area contributed by atoms with Crippen LogP contribution in [0.4, 0.5) is 17.2 Å². The molecule has 4 N–H and O–H groups in total. The second-order valence-electron chi connectivity index (χ2n) is 4.07. The Morgan fingerprint density at radius 1 is 1.37 bits per heavy atom. The molecule has 5 nitrogen and oxygen atoms in total. The number of hydrogen-bond acceptors (Lipinski definition) is 4. The number of aromatic nitrogens is 1. The molecule has 1 aromatic carbocycles. The van der Waals surface area contributed by atoms with Crippen molar-refractivity contribution in [2.24, 2.45) is 0 Å². The van der Waals surface area contributed by atoms with E-state index in [4.69, 9.17) is 22.4 Å². The van der Waals surface area contributed by atoms with Gasteiger partial charge in [0.05, 0.1) is 28.2 Å². The Balaban J connectivity index is 2.43. The highest BCUT2D eigenvalue weighted by atomic mass is 35.5. The molecule has 0 saturated carbocycles. The topological polar surface area (TPSA) is 88.2 Å². The quantitative estimate of drug-likeness (QED) is 0.802. The lowest BCUT2D eigenvalue weighted by Gasteiger charge is -2.11. The van der Waals surface area contributed by atoms with Crippen LogP contribution in [0, 0.1) is 6.92 Å². The Morgan fingerprint density at radius 2 is 2.11 bits per heavy atom. The molecule has 2 rings (SSSR count). The third kappa shape index (κ3) is 2.95. The number of benzene rings is 1. The number of carboxylic acid groups (broad SMARTS) is 1. The van der Waals surface area contributed by atoms with E-state index in [2.05, 4.69) is 10.3 Å². The van der Waals surface area contributed by atoms with Gasteiger partial charge in [0.2, 0.25) is 0 Å². The highest BCUT2D eigenvalue weighted by molar-refractivity contribution is 6.33. The van der Waals surface area contributed by atoms with E-state index >= 15 is 0 Å². The van der Waals surface area contributed by atoms with Gasteiger partial charge in [-0.25, -0.2) is 9.78 Å². The number of pyridine rings is 1. The van der Waals surface area contributed by atoms with Crippen molar-refractivity contribution in [1.29, 1.82) is 0 Å². The Bertz CT molecular complexity index is 644. The van der Waals surface area contributed by atoms with Crippen molar-refractivity contribution in [2.45, 2.75) is 6.92 Å². The Kier molecular flexibility index (Phi) is 3.57. The van der Waals surface area contributed by atoms with Crippen molar-refractivity contribution < 1.29 is 9.90 Å². The number of halogens is 1. The van der Waals surface area contributed by atoms with E-state index in [9.17, 15) is 4.79 Å². The van der Waals surface area contributed by atoms with Crippen molar-refractivity contribution in [1.82, 2.24) is 4.98 Å². The van der Waals surface area contributed by atoms with Crippen molar-refractivity contribution >= 4 is 34.8 Å². The molecule has 0 fully saturated rings. The van der Waals surface area contributed by atoms with Crippen LogP contribution in [0.3, 0.4) is 0 Å². The van der Waals surface area contributed by atoms with Crippen LogP contribution >= 0.6 is 11.6 Å². The SMILES string of the molecule is Cc1ccc(Cl)c(Nc2cnc(N)cc2C(=O)O)c1. The Labute approximate surface area is 115 Å². The fourth-order valence-electron chi connectivity index (χ4n) is 1.63. The zero-order valence-electron chi connectivity index (χ0n) is 10.1. The van der Waals surface area contributed by atoms with E-state index in [0.29, 0.717) is 16.4 Å². The third-order valence-electron chi connectivity index (χ3n) is 2.55. The first-order valence-electron chi connectivity index (χ1n) is 5.49. The van der Waals surface area contributed by atoms with Gasteiger partial charge in [-0.15, -0.1) is 0 Å². The molecule has 0 spiro atoms. The summed E-state index contributed by atoms with van der Waals surface area (Å²) in [6.45, 7) is 1.92. The molecule has 0 bridgehead atoms. The molecule has 0 amide bonds. The van der Waals surface area contributed by atoms with Crippen LogP contribution in [0.5, 0.6) is 0 Å². The Hall–Kier alpha value is -2.27. The average molecular weight is 278 g/mol. The van der Waals surface area contributed by atoms with Gasteiger partial charge in [-0.3, -0.25) is 0 Å². The van der Waals surface area contributed by atoms with Crippen molar-refractivity contribution in [3.05, 3.63) is 46.6 Å². The molecule has 0 aliphatic rings. The number of nitrogens with two attached hydrogens (primary N) is 1. The molecule has 0 saturated heterocycles. The second-order valence-corrected chi connectivity index (χ2v) is 4.48. The predicted molar refractivity (Wildman–Crippen MR) is 75.1 cm³/mol. The number of nitrogen functional groups attached to an aromatic ring is 1. The first-order chi connectivity index (χ1) is 8.97. The number of carbonyl (C=O) groups is 1. The van der Waals surface area contributed by atoms with E-state index in [1.54, 1.807) is 6.07 Å². The monoisotopic (exact) mass is 277 g/mol. The van der Waals surface area contributed by atoms with Crippen molar-refractivity contribution in [3.8, 4) is 0 Å². The zero-order valence-corrected chi connectivity index (χ0v) is 10.9. The molecule has 0 aliphatic heterocycles. The molecular formula is C13H12ClN3O2. The first-order valence-corrected chi connectivity index (χ1v) is 5.87. The fraction of sp³-hybridized carbons (Fsp3) is 0.0769. The maximum Gasteiger partial charge on any atom is 0.338 e. The number of anilines is 3. The first kappa shape index (κ1) is 13.2. The maximum atomic E-state index is 11.2. The summed E-state index contributed by atoms with van der Waals surface area (Å²) in [5.74, 6) is -0.932. The van der Waals surface area contributed by atoms with E-state index in [-0.39, 0.29) is 11.4 Å². The van der Waals surface area contributed by atoms with Gasteiger partial charge in [0, 0.05) is 0 Å². The highest BCUT2D eigenvalue weighted by Crippen LogP contribution is 2.28. The van der Waals surface area contributed by atoms with Crippen LogP contribution in [-0.2, 0) is 0 Å². The van der Waals surface area contributed by atoms with Gasteiger partial charge in [0.15, 0.2) is 0 Å². The van der Waals surface area contributed by atoms with Crippen molar-refractivity contribution in [3.63, 3.8) is 0 Å². The van der Waals surface area contributed by atoms with Crippen LogP contribution in [-0.4, -0.2) is 16.1 Å². The molecule has 19 heavy (non-hydrogen) atoms. The Morgan fingerprint density at radius 3 is 2.79 bits per heavy atom. The molecule has 1 heterocycles. The summed E-state index contributed by atoms with van der Waals surface area (Å²) in [5.41, 5.74) is 7.50. The van der Waals surface area contributed by atoms with Gasteiger partial charge in [0.1, 0.15) is 5.82 Å². The van der Waals surface area contributed by atoms with E-state index in [1.807, 2.05) is 19.1 Å². The van der Waals surface area contributed by atoms with E-state index in [1.165, 1.54) is 12.3 Å². The highest BCUT2D eigenvalue weighted by Gasteiger charge is 2.12. The standard InChI is InChI=1S/C13H12ClN3O2/c1-7-2-3-9(14)10(4-7)17-11-6-16-12(15)5-8(11)13(18)19/h2-6,17H,1H3,(H2,15,16)(H,18,19). The van der Waals surface area contributed by atoms with Gasteiger partial charge in [0.25, 0.3) is 0 Å². The lowest BCUT2D eigenvalue weighted by atomic mass is 10.2. The van der Waals surface area contributed by atoms with Crippen LogP contribution in [0.2, 0.25) is 5.02 Å². The van der Waals surface area contributed by atoms with Crippen LogP contribution in [0.1, 0.15) is 15.9 Å². The van der Waals surface area contributed by atoms with E-state index in [0.717, 1.165) is 5.56 Å². The van der Waals surface area contributed by atoms with E-state index < -0.39 is 5.97 Å². The third-order valence-corrected chi connectivity index (χ3v) is 2.88. The van der Waals surface area contributed by atoms with Crippen molar-refractivity contribution in [2.75, 3.05) is 11.1 Å².